The smallest absolute Gasteiger partial charge is 0.326 e. The Kier molecular flexibility index (Phi) is 5.96. The molecule has 0 unspecified atom stereocenters. The second kappa shape index (κ2) is 7.00. The zero-order valence-electron chi connectivity index (χ0n) is 11.6. The number of nitrogens with one attached hydrogen (secondary N) is 1. The van der Waals surface area contributed by atoms with Crippen molar-refractivity contribution in [1.29, 1.82) is 0 Å². The fourth-order valence-electron chi connectivity index (χ4n) is 2.45. The Morgan fingerprint density at radius 1 is 1.24 bits per heavy atom. The minimum Gasteiger partial charge on any atom is -0.465 e. The lowest BCUT2D eigenvalue weighted by molar-refractivity contribution is -0.152. The van der Waals surface area contributed by atoms with Crippen molar-refractivity contribution >= 4 is 5.97 Å². The van der Waals surface area contributed by atoms with Gasteiger partial charge >= 0.3 is 5.97 Å². The maximum atomic E-state index is 12.2. The van der Waals surface area contributed by atoms with Crippen LogP contribution in [0.1, 0.15) is 59.3 Å². The number of carbonyl (C=O) groups excluding carboxylic acids is 1. The first-order chi connectivity index (χ1) is 8.10. The Balaban J connectivity index is 2.70. The molecule has 0 aromatic carbocycles. The van der Waals surface area contributed by atoms with E-state index in [-0.39, 0.29) is 5.97 Å². The maximum Gasteiger partial charge on any atom is 0.326 e. The molecule has 1 N–H and O–H groups in total. The van der Waals surface area contributed by atoms with Crippen molar-refractivity contribution in [3.05, 3.63) is 0 Å². The van der Waals surface area contributed by atoms with Crippen molar-refractivity contribution in [3.63, 3.8) is 0 Å². The van der Waals surface area contributed by atoms with Gasteiger partial charge in [0.25, 0.3) is 0 Å². The average molecular weight is 241 g/mol. The summed E-state index contributed by atoms with van der Waals surface area (Å²) >= 11 is 0. The van der Waals surface area contributed by atoms with Gasteiger partial charge in [-0.05, 0) is 32.2 Å². The molecule has 0 amide bonds. The molecule has 3 nitrogen and oxygen atoms in total. The molecule has 0 radical (unpaired) electrons. The summed E-state index contributed by atoms with van der Waals surface area (Å²) in [5, 5.41) is 3.48. The van der Waals surface area contributed by atoms with E-state index in [1.165, 1.54) is 12.8 Å². The molecule has 0 aromatic heterocycles. The molecule has 1 aliphatic carbocycles. The quantitative estimate of drug-likeness (QED) is 0.594. The second-order valence-electron chi connectivity index (χ2n) is 5.49. The second-order valence-corrected chi connectivity index (χ2v) is 5.49. The summed E-state index contributed by atoms with van der Waals surface area (Å²) in [6, 6.07) is 0. The molecule has 0 aliphatic heterocycles. The summed E-state index contributed by atoms with van der Waals surface area (Å²) in [5.74, 6) is 0.520. The Bertz CT molecular complexity index is 230. The van der Waals surface area contributed by atoms with Crippen LogP contribution in [0, 0.1) is 5.92 Å². The van der Waals surface area contributed by atoms with Gasteiger partial charge in [0.1, 0.15) is 5.54 Å². The molecule has 1 fully saturated rings. The molecule has 0 saturated heterocycles. The van der Waals surface area contributed by atoms with Crippen molar-refractivity contribution in [2.45, 2.75) is 64.8 Å². The largest absolute Gasteiger partial charge is 0.465 e. The van der Waals surface area contributed by atoms with Crippen LogP contribution in [0.4, 0.5) is 0 Å². The number of ether oxygens (including phenoxy) is 1. The van der Waals surface area contributed by atoms with Crippen molar-refractivity contribution in [2.75, 3.05) is 13.2 Å². The number of hydrogen-bond donors (Lipinski definition) is 1. The number of esters is 1. The van der Waals surface area contributed by atoms with Crippen molar-refractivity contribution < 1.29 is 9.53 Å². The van der Waals surface area contributed by atoms with Gasteiger partial charge in [0.2, 0.25) is 0 Å². The van der Waals surface area contributed by atoms with Gasteiger partial charge in [-0.3, -0.25) is 4.79 Å². The number of rotatable bonds is 5. The Morgan fingerprint density at radius 3 is 2.29 bits per heavy atom. The monoisotopic (exact) mass is 241 g/mol. The molecule has 0 spiro atoms. The Labute approximate surface area is 105 Å². The Morgan fingerprint density at radius 2 is 1.82 bits per heavy atom. The van der Waals surface area contributed by atoms with Gasteiger partial charge in [-0.25, -0.2) is 0 Å². The van der Waals surface area contributed by atoms with Crippen LogP contribution in [0.3, 0.4) is 0 Å². The molecule has 0 atom stereocenters. The molecular weight excluding hydrogens is 214 g/mol. The molecule has 100 valence electrons. The van der Waals surface area contributed by atoms with E-state index in [1.807, 2.05) is 6.92 Å². The van der Waals surface area contributed by atoms with Gasteiger partial charge < -0.3 is 10.1 Å². The minimum atomic E-state index is -0.406. The van der Waals surface area contributed by atoms with Crippen LogP contribution in [0.2, 0.25) is 0 Å². The van der Waals surface area contributed by atoms with Gasteiger partial charge in [-0.15, -0.1) is 0 Å². The molecule has 1 aliphatic rings. The van der Waals surface area contributed by atoms with Gasteiger partial charge in [-0.1, -0.05) is 39.5 Å². The van der Waals surface area contributed by atoms with Crippen LogP contribution in [-0.4, -0.2) is 24.7 Å². The third-order valence-electron chi connectivity index (χ3n) is 3.47. The van der Waals surface area contributed by atoms with E-state index in [1.54, 1.807) is 0 Å². The predicted molar refractivity (Wildman–Crippen MR) is 69.9 cm³/mol. The van der Waals surface area contributed by atoms with Crippen LogP contribution < -0.4 is 5.32 Å². The van der Waals surface area contributed by atoms with Gasteiger partial charge in [0.15, 0.2) is 0 Å². The molecule has 17 heavy (non-hydrogen) atoms. The zero-order chi connectivity index (χ0) is 12.7. The van der Waals surface area contributed by atoms with Crippen LogP contribution in [-0.2, 0) is 9.53 Å². The summed E-state index contributed by atoms with van der Waals surface area (Å²) in [6.07, 6.45) is 6.60. The molecule has 1 rings (SSSR count). The lowest BCUT2D eigenvalue weighted by Gasteiger charge is -2.32. The van der Waals surface area contributed by atoms with Crippen molar-refractivity contribution in [2.24, 2.45) is 5.92 Å². The van der Waals surface area contributed by atoms with E-state index in [2.05, 4.69) is 19.2 Å². The Hall–Kier alpha value is -0.570. The average Bonchev–Trinajstić information content (AvgIpc) is 2.53. The lowest BCUT2D eigenvalue weighted by atomic mass is 9.89. The summed E-state index contributed by atoms with van der Waals surface area (Å²) < 4.78 is 5.27. The minimum absolute atomic E-state index is 0.0393. The van der Waals surface area contributed by atoms with Crippen LogP contribution in [0.15, 0.2) is 0 Å². The molecular formula is C14H27NO2. The highest BCUT2D eigenvalue weighted by Gasteiger charge is 2.39. The normalized spacial score (nSPS) is 20.0. The summed E-state index contributed by atoms with van der Waals surface area (Å²) in [5.41, 5.74) is -0.406. The third kappa shape index (κ3) is 4.30. The lowest BCUT2D eigenvalue weighted by Crippen LogP contribution is -2.53. The highest BCUT2D eigenvalue weighted by atomic mass is 16.5. The number of carbonyl (C=O) groups is 1. The first-order valence-corrected chi connectivity index (χ1v) is 7.03. The van der Waals surface area contributed by atoms with Crippen molar-refractivity contribution in [3.8, 4) is 0 Å². The molecule has 1 saturated carbocycles. The molecule has 0 heterocycles. The van der Waals surface area contributed by atoms with Crippen LogP contribution in [0.25, 0.3) is 0 Å². The van der Waals surface area contributed by atoms with Gasteiger partial charge in [0, 0.05) is 0 Å². The van der Waals surface area contributed by atoms with E-state index in [0.29, 0.717) is 12.5 Å². The fraction of sp³-hybridized carbons (Fsp3) is 0.929. The molecule has 3 heteroatoms. The molecule has 0 bridgehead atoms. The van der Waals surface area contributed by atoms with Crippen LogP contribution >= 0.6 is 0 Å². The highest BCUT2D eigenvalue weighted by Crippen LogP contribution is 2.28. The van der Waals surface area contributed by atoms with E-state index in [4.69, 9.17) is 4.74 Å². The molecule has 0 aromatic rings. The fourth-order valence-corrected chi connectivity index (χ4v) is 2.45. The third-order valence-corrected chi connectivity index (χ3v) is 3.47. The summed E-state index contributed by atoms with van der Waals surface area (Å²) in [4.78, 5) is 12.2. The van der Waals surface area contributed by atoms with E-state index in [0.717, 1.165) is 32.2 Å². The van der Waals surface area contributed by atoms with E-state index in [9.17, 15) is 4.79 Å². The predicted octanol–water partition coefficient (Wildman–Crippen LogP) is 2.89. The first kappa shape index (κ1) is 14.5. The van der Waals surface area contributed by atoms with E-state index < -0.39 is 5.54 Å². The summed E-state index contributed by atoms with van der Waals surface area (Å²) in [7, 11) is 0. The summed E-state index contributed by atoms with van der Waals surface area (Å²) in [6.45, 7) is 7.58. The first-order valence-electron chi connectivity index (χ1n) is 7.03. The SMILES string of the molecule is CCOC(=O)C1(NCC(C)C)CCCCCC1. The standard InChI is InChI=1S/C14H27NO2/c1-4-17-13(16)14(15-11-12(2)3)9-7-5-6-8-10-14/h12,15H,4-11H2,1-3H3. The van der Waals surface area contributed by atoms with Crippen molar-refractivity contribution in [1.82, 2.24) is 5.32 Å². The number of hydrogen-bond acceptors (Lipinski definition) is 3. The van der Waals surface area contributed by atoms with Gasteiger partial charge in [-0.2, -0.15) is 0 Å². The maximum absolute atomic E-state index is 12.2. The van der Waals surface area contributed by atoms with Crippen LogP contribution in [0.5, 0.6) is 0 Å². The van der Waals surface area contributed by atoms with E-state index >= 15 is 0 Å². The highest BCUT2D eigenvalue weighted by molar-refractivity contribution is 5.80. The topological polar surface area (TPSA) is 38.3 Å². The zero-order valence-corrected chi connectivity index (χ0v) is 11.6. The van der Waals surface area contributed by atoms with Gasteiger partial charge in [0.05, 0.1) is 6.61 Å².